The number of halogens is 2. The Labute approximate surface area is 200 Å². The van der Waals surface area contributed by atoms with Gasteiger partial charge >= 0.3 is 0 Å². The molecule has 162 valence electrons. The van der Waals surface area contributed by atoms with Gasteiger partial charge in [0.25, 0.3) is 0 Å². The van der Waals surface area contributed by atoms with E-state index >= 15 is 0 Å². The first-order valence-corrected chi connectivity index (χ1v) is 11.7. The van der Waals surface area contributed by atoms with Crippen molar-refractivity contribution in [2.75, 3.05) is 17.7 Å². The Bertz CT molecular complexity index is 1240. The number of hydrogen-bond acceptors (Lipinski definition) is 4. The number of carbonyl (C=O) groups excluding carboxylic acids is 1. The highest BCUT2D eigenvalue weighted by Crippen LogP contribution is 2.45. The minimum Gasteiger partial charge on any atom is -0.496 e. The fourth-order valence-electron chi connectivity index (χ4n) is 4.63. The number of ketones is 1. The highest BCUT2D eigenvalue weighted by atomic mass is 79.9. The quantitative estimate of drug-likeness (QED) is 0.396. The van der Waals surface area contributed by atoms with Crippen LogP contribution in [0.15, 0.2) is 82.5 Å². The van der Waals surface area contributed by atoms with Crippen molar-refractivity contribution in [2.24, 2.45) is 0 Å². The molecule has 0 bridgehead atoms. The molecule has 2 unspecified atom stereocenters. The number of Topliss-reactive ketones (excluding diaryl/α,β-unsaturated/α-hetero) is 1. The third kappa shape index (κ3) is 3.80. The predicted molar refractivity (Wildman–Crippen MR) is 133 cm³/mol. The second kappa shape index (κ2) is 8.64. The molecule has 1 heterocycles. The van der Waals surface area contributed by atoms with Gasteiger partial charge in [-0.15, -0.1) is 0 Å². The van der Waals surface area contributed by atoms with Crippen LogP contribution in [-0.2, 0) is 4.79 Å². The first-order valence-electron chi connectivity index (χ1n) is 10.5. The van der Waals surface area contributed by atoms with Gasteiger partial charge in [0.15, 0.2) is 5.78 Å². The molecule has 2 atom stereocenters. The summed E-state index contributed by atoms with van der Waals surface area (Å²) in [5.41, 5.74) is 5.66. The van der Waals surface area contributed by atoms with Crippen LogP contribution in [0, 0.1) is 0 Å². The second-order valence-electron chi connectivity index (χ2n) is 8.08. The lowest BCUT2D eigenvalue weighted by Gasteiger charge is -2.30. The lowest BCUT2D eigenvalue weighted by atomic mass is 9.78. The maximum atomic E-state index is 13.6. The molecule has 1 aliphatic carbocycles. The molecule has 0 aromatic heterocycles. The van der Waals surface area contributed by atoms with Crippen LogP contribution in [0.25, 0.3) is 0 Å². The summed E-state index contributed by atoms with van der Waals surface area (Å²) in [5, 5.41) is 7.88. The number of benzene rings is 3. The summed E-state index contributed by atoms with van der Waals surface area (Å²) in [6.07, 6.45) is 1.14. The Morgan fingerprint density at radius 2 is 1.75 bits per heavy atom. The van der Waals surface area contributed by atoms with Gasteiger partial charge < -0.3 is 15.4 Å². The highest BCUT2D eigenvalue weighted by molar-refractivity contribution is 9.10. The van der Waals surface area contributed by atoms with Crippen molar-refractivity contribution in [1.82, 2.24) is 0 Å². The molecule has 0 saturated carbocycles. The number of ether oxygens (including phenoxy) is 1. The zero-order valence-corrected chi connectivity index (χ0v) is 19.8. The Morgan fingerprint density at radius 1 is 1.00 bits per heavy atom. The normalized spacial score (nSPS) is 19.9. The second-order valence-corrected chi connectivity index (χ2v) is 9.35. The molecule has 0 saturated heterocycles. The molecule has 4 nitrogen and oxygen atoms in total. The van der Waals surface area contributed by atoms with Gasteiger partial charge in [-0.1, -0.05) is 48.0 Å². The SMILES string of the molecule is COc1ccc(C2Nc3ccccc3NC3=C2C(=O)CC(c2ccccc2Cl)C3)cc1Br. The van der Waals surface area contributed by atoms with Crippen LogP contribution in [0.2, 0.25) is 5.02 Å². The van der Waals surface area contributed by atoms with Crippen molar-refractivity contribution < 1.29 is 9.53 Å². The van der Waals surface area contributed by atoms with E-state index in [4.69, 9.17) is 16.3 Å². The Morgan fingerprint density at radius 3 is 2.50 bits per heavy atom. The predicted octanol–water partition coefficient (Wildman–Crippen LogP) is 7.09. The van der Waals surface area contributed by atoms with Crippen LogP contribution in [0.3, 0.4) is 0 Å². The zero-order chi connectivity index (χ0) is 22.2. The van der Waals surface area contributed by atoms with E-state index in [-0.39, 0.29) is 17.7 Å². The molecular formula is C26H22BrClN2O2. The van der Waals surface area contributed by atoms with Gasteiger partial charge in [-0.05, 0) is 69.7 Å². The molecule has 0 fully saturated rings. The van der Waals surface area contributed by atoms with Gasteiger partial charge in [-0.2, -0.15) is 0 Å². The lowest BCUT2D eigenvalue weighted by molar-refractivity contribution is -0.116. The molecule has 1 aliphatic heterocycles. The van der Waals surface area contributed by atoms with Crippen LogP contribution in [-0.4, -0.2) is 12.9 Å². The van der Waals surface area contributed by atoms with Gasteiger partial charge in [0.05, 0.1) is 29.0 Å². The van der Waals surface area contributed by atoms with Crippen molar-refractivity contribution >= 4 is 44.7 Å². The van der Waals surface area contributed by atoms with Gasteiger partial charge in [0.1, 0.15) is 5.75 Å². The molecule has 5 rings (SSSR count). The third-order valence-electron chi connectivity index (χ3n) is 6.16. The van der Waals surface area contributed by atoms with E-state index < -0.39 is 0 Å². The number of rotatable bonds is 3. The van der Waals surface area contributed by atoms with Gasteiger partial charge in [-0.3, -0.25) is 4.79 Å². The van der Waals surface area contributed by atoms with E-state index in [1.54, 1.807) is 7.11 Å². The molecule has 2 aliphatic rings. The standard InChI is InChI=1S/C26H22BrClN2O2/c1-32-24-11-10-15(12-18(24)27)26-25-22(29-20-8-4-5-9-21(20)30-26)13-16(14-23(25)31)17-6-2-3-7-19(17)28/h2-12,16,26,29-30H,13-14H2,1H3. The minimum absolute atomic E-state index is 0.0379. The number of nitrogens with one attached hydrogen (secondary N) is 2. The molecule has 0 spiro atoms. The fraction of sp³-hybridized carbons (Fsp3) is 0.192. The summed E-state index contributed by atoms with van der Waals surface area (Å²) < 4.78 is 6.25. The summed E-state index contributed by atoms with van der Waals surface area (Å²) in [6.45, 7) is 0. The molecule has 6 heteroatoms. The molecule has 2 N–H and O–H groups in total. The Balaban J connectivity index is 1.62. The molecule has 0 amide bonds. The molecule has 32 heavy (non-hydrogen) atoms. The average Bonchev–Trinajstić information content (AvgIpc) is 2.96. The van der Waals surface area contributed by atoms with E-state index in [0.717, 1.165) is 44.0 Å². The van der Waals surface area contributed by atoms with E-state index in [1.165, 1.54) is 0 Å². The minimum atomic E-state index is -0.275. The number of hydrogen-bond donors (Lipinski definition) is 2. The maximum Gasteiger partial charge on any atom is 0.163 e. The van der Waals surface area contributed by atoms with E-state index in [2.05, 4.69) is 26.6 Å². The third-order valence-corrected chi connectivity index (χ3v) is 7.13. The van der Waals surface area contributed by atoms with Crippen molar-refractivity contribution in [3.63, 3.8) is 0 Å². The van der Waals surface area contributed by atoms with E-state index in [0.29, 0.717) is 17.9 Å². The highest BCUT2D eigenvalue weighted by Gasteiger charge is 2.36. The number of allylic oxidation sites excluding steroid dienone is 1. The Hall–Kier alpha value is -2.76. The van der Waals surface area contributed by atoms with Gasteiger partial charge in [-0.25, -0.2) is 0 Å². The molecule has 0 radical (unpaired) electrons. The summed E-state index contributed by atoms with van der Waals surface area (Å²) in [7, 11) is 1.64. The number of carbonyl (C=O) groups is 1. The van der Waals surface area contributed by atoms with Crippen LogP contribution in [0.5, 0.6) is 5.75 Å². The largest absolute Gasteiger partial charge is 0.496 e. The molecule has 3 aromatic rings. The first-order chi connectivity index (χ1) is 15.5. The Kier molecular flexibility index (Phi) is 5.70. The average molecular weight is 510 g/mol. The van der Waals surface area contributed by atoms with E-state index in [9.17, 15) is 4.79 Å². The topological polar surface area (TPSA) is 50.4 Å². The number of para-hydroxylation sites is 2. The lowest BCUT2D eigenvalue weighted by Crippen LogP contribution is -2.27. The molecule has 3 aromatic carbocycles. The summed E-state index contributed by atoms with van der Waals surface area (Å²) >= 11 is 10.1. The van der Waals surface area contributed by atoms with Gasteiger partial charge in [0.2, 0.25) is 0 Å². The fourth-order valence-corrected chi connectivity index (χ4v) is 5.48. The first kappa shape index (κ1) is 21.1. The molecular weight excluding hydrogens is 488 g/mol. The van der Waals surface area contributed by atoms with Crippen molar-refractivity contribution in [3.8, 4) is 5.75 Å². The van der Waals surface area contributed by atoms with Crippen LogP contribution >= 0.6 is 27.5 Å². The zero-order valence-electron chi connectivity index (χ0n) is 17.5. The maximum absolute atomic E-state index is 13.6. The van der Waals surface area contributed by atoms with Crippen LogP contribution in [0.1, 0.15) is 35.9 Å². The van der Waals surface area contributed by atoms with Crippen LogP contribution < -0.4 is 15.4 Å². The van der Waals surface area contributed by atoms with Crippen molar-refractivity contribution in [2.45, 2.75) is 24.8 Å². The number of anilines is 2. The number of methoxy groups -OCH3 is 1. The number of fused-ring (bicyclic) bond motifs is 1. The summed E-state index contributed by atoms with van der Waals surface area (Å²) in [5.74, 6) is 0.917. The summed E-state index contributed by atoms with van der Waals surface area (Å²) in [4.78, 5) is 13.6. The van der Waals surface area contributed by atoms with Crippen LogP contribution in [0.4, 0.5) is 11.4 Å². The van der Waals surface area contributed by atoms with Gasteiger partial charge in [0, 0.05) is 22.7 Å². The van der Waals surface area contributed by atoms with Crippen molar-refractivity contribution in [1.29, 1.82) is 0 Å². The monoisotopic (exact) mass is 508 g/mol. The smallest absolute Gasteiger partial charge is 0.163 e. The summed E-state index contributed by atoms with van der Waals surface area (Å²) in [6, 6.07) is 21.5. The van der Waals surface area contributed by atoms with Crippen molar-refractivity contribution in [3.05, 3.63) is 98.6 Å². The van der Waals surface area contributed by atoms with E-state index in [1.807, 2.05) is 66.7 Å².